The third-order valence-corrected chi connectivity index (χ3v) is 4.11. The lowest BCUT2D eigenvalue weighted by Gasteiger charge is -2.16. The summed E-state index contributed by atoms with van der Waals surface area (Å²) in [5, 5.41) is 3.14. The number of hydrogen-bond donors (Lipinski definition) is 2. The number of benzene rings is 2. The Bertz CT molecular complexity index is 735. The van der Waals surface area contributed by atoms with E-state index < -0.39 is 11.9 Å². The van der Waals surface area contributed by atoms with E-state index in [1.165, 1.54) is 7.11 Å². The molecule has 0 aliphatic rings. The Morgan fingerprint density at radius 3 is 2.48 bits per heavy atom. The molecule has 2 rings (SSSR count). The van der Waals surface area contributed by atoms with E-state index in [0.717, 1.165) is 11.1 Å². The Balaban J connectivity index is 1.95. The molecule has 0 bridgehead atoms. The third-order valence-electron chi connectivity index (χ3n) is 3.82. The van der Waals surface area contributed by atoms with E-state index >= 15 is 0 Å². The number of carbonyl (C=O) groups excluding carboxylic acids is 2. The Hall–Kier alpha value is -2.53. The second-order valence-electron chi connectivity index (χ2n) is 5.68. The first kappa shape index (κ1) is 18.8. The molecule has 0 saturated heterocycles. The van der Waals surface area contributed by atoms with E-state index in [4.69, 9.17) is 22.1 Å². The quantitative estimate of drug-likeness (QED) is 0.758. The lowest BCUT2D eigenvalue weighted by atomic mass is 10.0. The van der Waals surface area contributed by atoms with Crippen molar-refractivity contribution in [3.63, 3.8) is 0 Å². The molecule has 132 valence electrons. The van der Waals surface area contributed by atoms with Crippen LogP contribution in [0.2, 0.25) is 5.02 Å². The molecule has 5 nitrogen and oxygen atoms in total. The van der Waals surface area contributed by atoms with Gasteiger partial charge in [0.05, 0.1) is 12.1 Å². The summed E-state index contributed by atoms with van der Waals surface area (Å²) in [6.07, 6.45) is 1.17. The molecule has 0 heterocycles. The van der Waals surface area contributed by atoms with Gasteiger partial charge in [-0.15, -0.1) is 0 Å². The second-order valence-corrected chi connectivity index (χ2v) is 6.09. The fraction of sp³-hybridized carbons (Fsp3) is 0.263. The molecule has 6 heteroatoms. The summed E-state index contributed by atoms with van der Waals surface area (Å²) in [5.41, 5.74) is 7.28. The van der Waals surface area contributed by atoms with Crippen LogP contribution in [0.3, 0.4) is 0 Å². The van der Waals surface area contributed by atoms with Crippen LogP contribution in [0.5, 0.6) is 5.75 Å². The van der Waals surface area contributed by atoms with E-state index in [1.807, 2.05) is 30.3 Å². The molecule has 0 aliphatic heterocycles. The van der Waals surface area contributed by atoms with Crippen LogP contribution in [0.15, 0.2) is 48.5 Å². The molecule has 0 unspecified atom stereocenters. The van der Waals surface area contributed by atoms with Crippen LogP contribution in [-0.2, 0) is 22.4 Å². The van der Waals surface area contributed by atoms with E-state index in [9.17, 15) is 9.59 Å². The molecular weight excluding hydrogens is 340 g/mol. The Morgan fingerprint density at radius 2 is 1.88 bits per heavy atom. The minimum absolute atomic E-state index is 0.215. The van der Waals surface area contributed by atoms with E-state index in [-0.39, 0.29) is 18.7 Å². The van der Waals surface area contributed by atoms with Crippen LogP contribution in [-0.4, -0.2) is 25.0 Å². The average molecular weight is 361 g/mol. The normalized spacial score (nSPS) is 11.6. The molecule has 0 radical (unpaired) electrons. The third kappa shape index (κ3) is 5.80. The first-order valence-electron chi connectivity index (χ1n) is 7.94. The summed E-state index contributed by atoms with van der Waals surface area (Å²) in [7, 11) is 1.53. The lowest BCUT2D eigenvalue weighted by Crippen LogP contribution is -2.45. The summed E-state index contributed by atoms with van der Waals surface area (Å²) < 4.78 is 5.10. The molecular formula is C19H21ClN2O3. The summed E-state index contributed by atoms with van der Waals surface area (Å²) >= 11 is 6.09. The van der Waals surface area contributed by atoms with E-state index in [1.54, 1.807) is 18.2 Å². The molecule has 2 aromatic carbocycles. The molecule has 25 heavy (non-hydrogen) atoms. The van der Waals surface area contributed by atoms with Crippen molar-refractivity contribution in [3.05, 3.63) is 64.7 Å². The van der Waals surface area contributed by atoms with Gasteiger partial charge >= 0.3 is 0 Å². The zero-order valence-electron chi connectivity index (χ0n) is 14.0. The van der Waals surface area contributed by atoms with Crippen LogP contribution < -0.4 is 15.8 Å². The molecule has 0 spiro atoms. The number of hydrogen-bond acceptors (Lipinski definition) is 3. The van der Waals surface area contributed by atoms with Gasteiger partial charge in [0, 0.05) is 12.8 Å². The van der Waals surface area contributed by atoms with Gasteiger partial charge in [0.2, 0.25) is 11.8 Å². The maximum atomic E-state index is 12.1. The smallest absolute Gasteiger partial charge is 0.240 e. The number of amides is 2. The molecule has 0 fully saturated rings. The van der Waals surface area contributed by atoms with Gasteiger partial charge < -0.3 is 15.8 Å². The maximum Gasteiger partial charge on any atom is 0.240 e. The van der Waals surface area contributed by atoms with Crippen molar-refractivity contribution >= 4 is 23.4 Å². The van der Waals surface area contributed by atoms with Gasteiger partial charge in [-0.25, -0.2) is 0 Å². The van der Waals surface area contributed by atoms with Gasteiger partial charge in [0.1, 0.15) is 11.8 Å². The molecule has 1 atom stereocenters. The number of ether oxygens (including phenoxy) is 1. The fourth-order valence-electron chi connectivity index (χ4n) is 2.46. The average Bonchev–Trinajstić information content (AvgIpc) is 2.60. The van der Waals surface area contributed by atoms with Gasteiger partial charge in [-0.2, -0.15) is 0 Å². The minimum atomic E-state index is -0.785. The van der Waals surface area contributed by atoms with Crippen LogP contribution in [0.4, 0.5) is 0 Å². The number of nitrogens with two attached hydrogens (primary N) is 1. The minimum Gasteiger partial charge on any atom is -0.495 e. The van der Waals surface area contributed by atoms with Gasteiger partial charge in [0.15, 0.2) is 0 Å². The number of primary amides is 1. The Morgan fingerprint density at radius 1 is 1.16 bits per heavy atom. The SMILES string of the molecule is COc1ccc(C[C@H](NC(=O)CCc2ccccc2)C(N)=O)cc1Cl. The highest BCUT2D eigenvalue weighted by atomic mass is 35.5. The fourth-order valence-corrected chi connectivity index (χ4v) is 2.74. The Labute approximate surface area is 152 Å². The van der Waals surface area contributed by atoms with Crippen molar-refractivity contribution in [1.29, 1.82) is 0 Å². The number of carbonyl (C=O) groups is 2. The number of rotatable bonds is 8. The number of nitrogens with one attached hydrogen (secondary N) is 1. The molecule has 0 saturated carbocycles. The van der Waals surface area contributed by atoms with Gasteiger partial charge in [-0.1, -0.05) is 48.0 Å². The van der Waals surface area contributed by atoms with Crippen molar-refractivity contribution in [2.24, 2.45) is 5.73 Å². The van der Waals surface area contributed by atoms with Crippen molar-refractivity contribution in [3.8, 4) is 5.75 Å². The van der Waals surface area contributed by atoms with Gasteiger partial charge in [0.25, 0.3) is 0 Å². The highest BCUT2D eigenvalue weighted by Crippen LogP contribution is 2.25. The zero-order chi connectivity index (χ0) is 18.2. The molecule has 2 amide bonds. The lowest BCUT2D eigenvalue weighted by molar-refractivity contribution is -0.127. The van der Waals surface area contributed by atoms with Crippen molar-refractivity contribution in [1.82, 2.24) is 5.32 Å². The van der Waals surface area contributed by atoms with Crippen molar-refractivity contribution < 1.29 is 14.3 Å². The molecule has 0 aromatic heterocycles. The standard InChI is InChI=1S/C19H21ClN2O3/c1-25-17-9-7-14(11-15(17)20)12-16(19(21)24)22-18(23)10-8-13-5-3-2-4-6-13/h2-7,9,11,16H,8,10,12H2,1H3,(H2,21,24)(H,22,23)/t16-/m0/s1. The van der Waals surface area contributed by atoms with Crippen LogP contribution in [0, 0.1) is 0 Å². The summed E-state index contributed by atoms with van der Waals surface area (Å²) in [6.45, 7) is 0. The van der Waals surface area contributed by atoms with Crippen molar-refractivity contribution in [2.45, 2.75) is 25.3 Å². The summed E-state index contributed by atoms with van der Waals surface area (Å²) in [5.74, 6) is -0.250. The van der Waals surface area contributed by atoms with Crippen LogP contribution >= 0.6 is 11.6 Å². The first-order valence-corrected chi connectivity index (χ1v) is 8.32. The van der Waals surface area contributed by atoms with Crippen LogP contribution in [0.1, 0.15) is 17.5 Å². The highest BCUT2D eigenvalue weighted by molar-refractivity contribution is 6.32. The predicted octanol–water partition coefficient (Wildman–Crippen LogP) is 2.49. The Kier molecular flexibility index (Phi) is 6.83. The largest absolute Gasteiger partial charge is 0.495 e. The number of methoxy groups -OCH3 is 1. The summed E-state index contributed by atoms with van der Waals surface area (Å²) in [6, 6.07) is 14.1. The van der Waals surface area contributed by atoms with Crippen LogP contribution in [0.25, 0.3) is 0 Å². The van der Waals surface area contributed by atoms with E-state index in [2.05, 4.69) is 5.32 Å². The first-order chi connectivity index (χ1) is 12.0. The second kappa shape index (κ2) is 9.08. The molecule has 2 aromatic rings. The van der Waals surface area contributed by atoms with Gasteiger partial charge in [-0.3, -0.25) is 9.59 Å². The molecule has 3 N–H and O–H groups in total. The summed E-state index contributed by atoms with van der Waals surface area (Å²) in [4.78, 5) is 23.8. The van der Waals surface area contributed by atoms with E-state index in [0.29, 0.717) is 17.2 Å². The number of halogens is 1. The number of aryl methyl sites for hydroxylation is 1. The van der Waals surface area contributed by atoms with Crippen molar-refractivity contribution in [2.75, 3.05) is 7.11 Å². The zero-order valence-corrected chi connectivity index (χ0v) is 14.8. The molecule has 0 aliphatic carbocycles. The maximum absolute atomic E-state index is 12.1. The highest BCUT2D eigenvalue weighted by Gasteiger charge is 2.19. The monoisotopic (exact) mass is 360 g/mol. The van der Waals surface area contributed by atoms with Gasteiger partial charge in [-0.05, 0) is 29.7 Å². The topological polar surface area (TPSA) is 81.4 Å². The predicted molar refractivity (Wildman–Crippen MR) is 97.6 cm³/mol.